The van der Waals surface area contributed by atoms with E-state index in [1.165, 1.54) is 25.2 Å². The number of rotatable bonds is 6. The van der Waals surface area contributed by atoms with E-state index in [1.807, 2.05) is 13.0 Å². The Bertz CT molecular complexity index is 1090. The van der Waals surface area contributed by atoms with Gasteiger partial charge in [0.15, 0.2) is 5.69 Å². The van der Waals surface area contributed by atoms with Crippen molar-refractivity contribution in [3.05, 3.63) is 52.8 Å². The molecule has 0 aliphatic rings. The quantitative estimate of drug-likeness (QED) is 0.617. The smallest absolute Gasteiger partial charge is 0.356 e. The zero-order chi connectivity index (χ0) is 21.1. The summed E-state index contributed by atoms with van der Waals surface area (Å²) < 4.78 is 6.68. The first-order valence-electron chi connectivity index (χ1n) is 9.53. The number of benzene rings is 1. The van der Waals surface area contributed by atoms with Crippen molar-refractivity contribution >= 4 is 34.3 Å². The van der Waals surface area contributed by atoms with Gasteiger partial charge in [0.1, 0.15) is 5.65 Å². The molecule has 7 nitrogen and oxygen atoms in total. The van der Waals surface area contributed by atoms with E-state index in [-0.39, 0.29) is 5.91 Å². The molecular formula is C22H26N4O3. The maximum absolute atomic E-state index is 12.4. The van der Waals surface area contributed by atoms with Crippen LogP contribution >= 0.6 is 0 Å². The average Bonchev–Trinajstić information content (AvgIpc) is 3.00. The van der Waals surface area contributed by atoms with Crippen LogP contribution in [0.4, 0.5) is 11.4 Å². The number of methoxy groups -OCH3 is 1. The van der Waals surface area contributed by atoms with Crippen LogP contribution in [0.3, 0.4) is 0 Å². The molecule has 1 aromatic carbocycles. The Labute approximate surface area is 170 Å². The maximum Gasteiger partial charge on any atom is 0.356 e. The number of aromatic nitrogens is 2. The summed E-state index contributed by atoms with van der Waals surface area (Å²) in [5.41, 5.74) is 5.79. The van der Waals surface area contributed by atoms with Gasteiger partial charge in [0, 0.05) is 25.4 Å². The lowest BCUT2D eigenvalue weighted by molar-refractivity contribution is -0.114. The molecule has 3 rings (SSSR count). The van der Waals surface area contributed by atoms with Crippen molar-refractivity contribution in [2.75, 3.05) is 17.7 Å². The summed E-state index contributed by atoms with van der Waals surface area (Å²) in [5.74, 6) is -0.781. The molecule has 0 saturated heterocycles. The first-order chi connectivity index (χ1) is 13.8. The Hall–Kier alpha value is -3.35. The fraction of sp³-hybridized carbons (Fsp3) is 0.318. The molecule has 0 fully saturated rings. The van der Waals surface area contributed by atoms with Gasteiger partial charge in [-0.1, -0.05) is 18.2 Å². The van der Waals surface area contributed by atoms with E-state index in [2.05, 4.69) is 47.7 Å². The normalized spacial score (nSPS) is 10.8. The number of pyridine rings is 1. The molecular weight excluding hydrogens is 368 g/mol. The lowest BCUT2D eigenvalue weighted by atomic mass is 10.1. The highest BCUT2D eigenvalue weighted by atomic mass is 16.5. The minimum Gasteiger partial charge on any atom is -0.464 e. The number of carbonyl (C=O) groups is 2. The van der Waals surface area contributed by atoms with Gasteiger partial charge in [-0.05, 0) is 43.5 Å². The van der Waals surface area contributed by atoms with Gasteiger partial charge in [0.05, 0.1) is 24.7 Å². The van der Waals surface area contributed by atoms with Crippen molar-refractivity contribution in [3.8, 4) is 0 Å². The number of esters is 1. The molecule has 0 radical (unpaired) electrons. The van der Waals surface area contributed by atoms with Gasteiger partial charge in [0.25, 0.3) is 0 Å². The Morgan fingerprint density at radius 1 is 1.17 bits per heavy atom. The summed E-state index contributed by atoms with van der Waals surface area (Å²) in [6.07, 6.45) is 1.73. The van der Waals surface area contributed by atoms with Gasteiger partial charge >= 0.3 is 5.97 Å². The van der Waals surface area contributed by atoms with Crippen LogP contribution in [0.25, 0.3) is 11.0 Å². The Balaban J connectivity index is 2.01. The molecule has 0 bridgehead atoms. The highest BCUT2D eigenvalue weighted by Gasteiger charge is 2.24. The lowest BCUT2D eigenvalue weighted by Crippen LogP contribution is -2.14. The molecule has 0 atom stereocenters. The largest absolute Gasteiger partial charge is 0.464 e. The predicted molar refractivity (Wildman–Crippen MR) is 114 cm³/mol. The molecule has 0 unspecified atom stereocenters. The van der Waals surface area contributed by atoms with Crippen LogP contribution in [0.5, 0.6) is 0 Å². The van der Waals surface area contributed by atoms with E-state index in [4.69, 9.17) is 4.74 Å². The monoisotopic (exact) mass is 394 g/mol. The third-order valence-corrected chi connectivity index (χ3v) is 4.96. The SMILES string of the molecule is CCn1c(C(=O)OC)c(NC(C)=O)c2cc(NCc3ccc(C)c(C)c3)cnc21. The van der Waals surface area contributed by atoms with E-state index in [0.29, 0.717) is 35.5 Å². The van der Waals surface area contributed by atoms with Crippen LogP contribution in [0.1, 0.15) is 41.0 Å². The second kappa shape index (κ2) is 8.34. The molecule has 2 aromatic heterocycles. The van der Waals surface area contributed by atoms with Crippen LogP contribution in [-0.4, -0.2) is 28.5 Å². The number of nitrogens with one attached hydrogen (secondary N) is 2. The third kappa shape index (κ3) is 4.08. The van der Waals surface area contributed by atoms with Crippen molar-refractivity contribution in [2.45, 2.75) is 40.8 Å². The van der Waals surface area contributed by atoms with E-state index in [0.717, 1.165) is 11.3 Å². The van der Waals surface area contributed by atoms with Gasteiger partial charge in [-0.25, -0.2) is 9.78 Å². The number of aryl methyl sites for hydroxylation is 3. The number of amides is 1. The highest BCUT2D eigenvalue weighted by Crippen LogP contribution is 2.32. The maximum atomic E-state index is 12.4. The van der Waals surface area contributed by atoms with Crippen molar-refractivity contribution in [1.82, 2.24) is 9.55 Å². The fourth-order valence-electron chi connectivity index (χ4n) is 3.36. The van der Waals surface area contributed by atoms with Crippen molar-refractivity contribution < 1.29 is 14.3 Å². The molecule has 0 aliphatic carbocycles. The summed E-state index contributed by atoms with van der Waals surface area (Å²) >= 11 is 0. The summed E-state index contributed by atoms with van der Waals surface area (Å²) in [6.45, 7) is 8.66. The van der Waals surface area contributed by atoms with Gasteiger partial charge in [-0.15, -0.1) is 0 Å². The lowest BCUT2D eigenvalue weighted by Gasteiger charge is -2.09. The number of hydrogen-bond acceptors (Lipinski definition) is 5. The Morgan fingerprint density at radius 3 is 2.55 bits per heavy atom. The number of fused-ring (bicyclic) bond motifs is 1. The molecule has 152 valence electrons. The predicted octanol–water partition coefficient (Wildman–Crippen LogP) is 4.03. The second-order valence-electron chi connectivity index (χ2n) is 7.01. The van der Waals surface area contributed by atoms with Gasteiger partial charge in [0.2, 0.25) is 5.91 Å². The minimum absolute atomic E-state index is 0.265. The topological polar surface area (TPSA) is 85.2 Å². The Morgan fingerprint density at radius 2 is 1.93 bits per heavy atom. The summed E-state index contributed by atoms with van der Waals surface area (Å²) in [4.78, 5) is 28.7. The average molecular weight is 394 g/mol. The van der Waals surface area contributed by atoms with Crippen LogP contribution < -0.4 is 10.6 Å². The van der Waals surface area contributed by atoms with Crippen LogP contribution in [0.2, 0.25) is 0 Å². The van der Waals surface area contributed by atoms with E-state index < -0.39 is 5.97 Å². The summed E-state index contributed by atoms with van der Waals surface area (Å²) in [6, 6.07) is 8.24. The van der Waals surface area contributed by atoms with Crippen LogP contribution in [0.15, 0.2) is 30.5 Å². The van der Waals surface area contributed by atoms with Crippen LogP contribution in [0, 0.1) is 13.8 Å². The molecule has 3 aromatic rings. The highest BCUT2D eigenvalue weighted by molar-refractivity contribution is 6.10. The van der Waals surface area contributed by atoms with Crippen molar-refractivity contribution in [2.24, 2.45) is 0 Å². The van der Waals surface area contributed by atoms with Gasteiger partial charge in [-0.2, -0.15) is 0 Å². The third-order valence-electron chi connectivity index (χ3n) is 4.96. The standard InChI is InChI=1S/C22H26N4O3/c1-6-26-20(22(28)29-5)19(25-15(4)27)18-10-17(12-24-21(18)26)23-11-16-8-7-13(2)14(3)9-16/h7-10,12,23H,6,11H2,1-5H3,(H,25,27). The van der Waals surface area contributed by atoms with E-state index >= 15 is 0 Å². The molecule has 2 N–H and O–H groups in total. The minimum atomic E-state index is -0.516. The molecule has 1 amide bonds. The van der Waals surface area contributed by atoms with Crippen molar-refractivity contribution in [1.29, 1.82) is 0 Å². The molecule has 0 aliphatic heterocycles. The first kappa shape index (κ1) is 20.4. The molecule has 2 heterocycles. The number of anilines is 2. The van der Waals surface area contributed by atoms with Crippen molar-refractivity contribution in [3.63, 3.8) is 0 Å². The second-order valence-corrected chi connectivity index (χ2v) is 7.01. The number of hydrogen-bond donors (Lipinski definition) is 2. The van der Waals surface area contributed by atoms with Crippen LogP contribution in [-0.2, 0) is 22.6 Å². The zero-order valence-corrected chi connectivity index (χ0v) is 17.4. The van der Waals surface area contributed by atoms with Gasteiger partial charge < -0.3 is 19.9 Å². The van der Waals surface area contributed by atoms with Gasteiger partial charge in [-0.3, -0.25) is 4.79 Å². The fourth-order valence-corrected chi connectivity index (χ4v) is 3.36. The number of ether oxygens (including phenoxy) is 1. The first-order valence-corrected chi connectivity index (χ1v) is 9.53. The summed E-state index contributed by atoms with van der Waals surface area (Å²) in [7, 11) is 1.32. The molecule has 0 spiro atoms. The zero-order valence-electron chi connectivity index (χ0n) is 17.4. The number of carbonyl (C=O) groups excluding carboxylic acids is 2. The van der Waals surface area contributed by atoms with E-state index in [1.54, 1.807) is 10.8 Å². The summed E-state index contributed by atoms with van der Waals surface area (Å²) in [5, 5.41) is 6.83. The molecule has 7 heteroatoms. The Kier molecular flexibility index (Phi) is 5.87. The molecule has 29 heavy (non-hydrogen) atoms. The molecule has 0 saturated carbocycles. The van der Waals surface area contributed by atoms with E-state index in [9.17, 15) is 9.59 Å². The number of nitrogens with zero attached hydrogens (tertiary/aromatic N) is 2.